The molecule has 0 aliphatic heterocycles. The first-order valence-electron chi connectivity index (χ1n) is 8.17. The van der Waals surface area contributed by atoms with E-state index in [1.54, 1.807) is 35.2 Å². The van der Waals surface area contributed by atoms with Crippen molar-refractivity contribution in [3.05, 3.63) is 66.5 Å². The van der Waals surface area contributed by atoms with Crippen LogP contribution in [0.2, 0.25) is 0 Å². The molecule has 0 atom stereocenters. The third-order valence-corrected chi connectivity index (χ3v) is 3.87. The maximum atomic E-state index is 13.3. The number of nitrogens with zero attached hydrogens (tertiary/aromatic N) is 3. The normalized spacial score (nSPS) is 11.4. The Morgan fingerprint density at radius 1 is 1.19 bits per heavy atom. The minimum Gasteiger partial charge on any atom is -0.478 e. The molecular formula is C20H18FN3O2. The van der Waals surface area contributed by atoms with E-state index in [9.17, 15) is 9.18 Å². The van der Waals surface area contributed by atoms with Crippen LogP contribution in [0.3, 0.4) is 0 Å². The molecule has 0 radical (unpaired) electrons. The van der Waals surface area contributed by atoms with Crippen LogP contribution in [-0.2, 0) is 4.79 Å². The average Bonchev–Trinajstić information content (AvgIpc) is 3.01. The van der Waals surface area contributed by atoms with Crippen LogP contribution in [0, 0.1) is 5.82 Å². The van der Waals surface area contributed by atoms with Crippen LogP contribution in [0.1, 0.15) is 25.6 Å². The van der Waals surface area contributed by atoms with E-state index in [4.69, 9.17) is 10.1 Å². The van der Waals surface area contributed by atoms with Crippen molar-refractivity contribution in [1.82, 2.24) is 14.5 Å². The summed E-state index contributed by atoms with van der Waals surface area (Å²) in [5.41, 5.74) is 2.90. The molecule has 0 bridgehead atoms. The van der Waals surface area contributed by atoms with Gasteiger partial charge in [-0.05, 0) is 36.4 Å². The summed E-state index contributed by atoms with van der Waals surface area (Å²) < 4.78 is 15.1. The molecule has 3 rings (SSSR count). The van der Waals surface area contributed by atoms with Gasteiger partial charge in [-0.2, -0.15) is 0 Å². The third kappa shape index (κ3) is 3.54. The van der Waals surface area contributed by atoms with Gasteiger partial charge >= 0.3 is 5.97 Å². The fourth-order valence-corrected chi connectivity index (χ4v) is 2.73. The number of pyridine rings is 1. The third-order valence-electron chi connectivity index (χ3n) is 3.87. The van der Waals surface area contributed by atoms with Crippen molar-refractivity contribution >= 4 is 12.2 Å². The first-order valence-corrected chi connectivity index (χ1v) is 8.17. The molecule has 132 valence electrons. The Kier molecular flexibility index (Phi) is 4.93. The number of aliphatic carboxylic acids is 1. The highest BCUT2D eigenvalue weighted by molar-refractivity contribution is 5.85. The second kappa shape index (κ2) is 7.31. The van der Waals surface area contributed by atoms with Gasteiger partial charge in [0.2, 0.25) is 0 Å². The number of halogens is 1. The van der Waals surface area contributed by atoms with E-state index in [0.717, 1.165) is 17.2 Å². The molecule has 0 fully saturated rings. The van der Waals surface area contributed by atoms with Crippen LogP contribution >= 0.6 is 0 Å². The van der Waals surface area contributed by atoms with Crippen LogP contribution < -0.4 is 0 Å². The topological polar surface area (TPSA) is 68.0 Å². The fourth-order valence-electron chi connectivity index (χ4n) is 2.73. The predicted molar refractivity (Wildman–Crippen MR) is 97.9 cm³/mol. The van der Waals surface area contributed by atoms with Crippen LogP contribution in [0.15, 0.2) is 54.9 Å². The van der Waals surface area contributed by atoms with Crippen molar-refractivity contribution in [3.63, 3.8) is 0 Å². The second-order valence-corrected chi connectivity index (χ2v) is 6.09. The first kappa shape index (κ1) is 17.5. The molecule has 6 heteroatoms. The first-order chi connectivity index (χ1) is 12.5. The number of aromatic nitrogens is 3. The zero-order valence-corrected chi connectivity index (χ0v) is 14.4. The van der Waals surface area contributed by atoms with E-state index in [-0.39, 0.29) is 11.7 Å². The van der Waals surface area contributed by atoms with Gasteiger partial charge in [0.1, 0.15) is 11.6 Å². The molecule has 0 spiro atoms. The summed E-state index contributed by atoms with van der Waals surface area (Å²) in [4.78, 5) is 19.9. The van der Waals surface area contributed by atoms with Crippen molar-refractivity contribution in [2.24, 2.45) is 0 Å². The average molecular weight is 351 g/mol. The monoisotopic (exact) mass is 351 g/mol. The molecule has 0 aliphatic rings. The Balaban J connectivity index is 2.31. The van der Waals surface area contributed by atoms with Gasteiger partial charge < -0.3 is 9.67 Å². The predicted octanol–water partition coefficient (Wildman–Crippen LogP) is 4.43. The van der Waals surface area contributed by atoms with E-state index in [1.807, 2.05) is 19.9 Å². The molecular weight excluding hydrogens is 333 g/mol. The Labute approximate surface area is 150 Å². The molecule has 2 heterocycles. The van der Waals surface area contributed by atoms with Gasteiger partial charge in [-0.1, -0.05) is 13.8 Å². The number of hydrogen-bond donors (Lipinski definition) is 1. The zero-order valence-electron chi connectivity index (χ0n) is 14.4. The van der Waals surface area contributed by atoms with Crippen LogP contribution in [-0.4, -0.2) is 25.6 Å². The minimum absolute atomic E-state index is 0.0538. The van der Waals surface area contributed by atoms with Crippen molar-refractivity contribution in [2.75, 3.05) is 0 Å². The summed E-state index contributed by atoms with van der Waals surface area (Å²) in [7, 11) is 0. The van der Waals surface area contributed by atoms with Gasteiger partial charge in [0, 0.05) is 41.7 Å². The number of rotatable bonds is 5. The molecule has 5 nitrogen and oxygen atoms in total. The molecule has 0 saturated carbocycles. The number of carbonyl (C=O) groups is 1. The van der Waals surface area contributed by atoms with E-state index >= 15 is 0 Å². The van der Waals surface area contributed by atoms with E-state index in [2.05, 4.69) is 4.98 Å². The van der Waals surface area contributed by atoms with Crippen LogP contribution in [0.4, 0.5) is 4.39 Å². The Morgan fingerprint density at radius 2 is 1.92 bits per heavy atom. The maximum Gasteiger partial charge on any atom is 0.329 e. The number of carboxylic acid groups (broad SMARTS) is 1. The zero-order chi connectivity index (χ0) is 18.7. The number of hydrogen-bond acceptors (Lipinski definition) is 3. The Hall–Kier alpha value is -3.28. The quantitative estimate of drug-likeness (QED) is 0.691. The summed E-state index contributed by atoms with van der Waals surface area (Å²) in [6.07, 6.45) is 5.92. The summed E-state index contributed by atoms with van der Waals surface area (Å²) in [5.74, 6) is -0.612. The summed E-state index contributed by atoms with van der Waals surface area (Å²) >= 11 is 0. The molecule has 0 amide bonds. The van der Waals surface area contributed by atoms with Crippen LogP contribution in [0.25, 0.3) is 28.7 Å². The van der Waals surface area contributed by atoms with Crippen molar-refractivity contribution in [1.29, 1.82) is 0 Å². The summed E-state index contributed by atoms with van der Waals surface area (Å²) in [6, 6.07) is 9.76. The summed E-state index contributed by atoms with van der Waals surface area (Å²) in [5, 5.41) is 9.05. The summed E-state index contributed by atoms with van der Waals surface area (Å²) in [6.45, 7) is 3.96. The highest BCUT2D eigenvalue weighted by Gasteiger charge is 2.21. The Bertz CT molecular complexity index is 945. The molecule has 0 aliphatic carbocycles. The van der Waals surface area contributed by atoms with Gasteiger partial charge in [0.05, 0.1) is 11.4 Å². The fraction of sp³-hybridized carbons (Fsp3) is 0.150. The van der Waals surface area contributed by atoms with Crippen LogP contribution in [0.5, 0.6) is 0 Å². The lowest BCUT2D eigenvalue weighted by atomic mass is 10.1. The van der Waals surface area contributed by atoms with Gasteiger partial charge in [0.25, 0.3) is 0 Å². The molecule has 1 N–H and O–H groups in total. The van der Waals surface area contributed by atoms with Gasteiger partial charge in [0.15, 0.2) is 0 Å². The lowest BCUT2D eigenvalue weighted by Crippen LogP contribution is -2.01. The van der Waals surface area contributed by atoms with Crippen molar-refractivity contribution in [2.45, 2.75) is 19.8 Å². The maximum absolute atomic E-state index is 13.3. The SMILES string of the molecule is CC(C)c1nc(-c2ccc(F)cc2)c(-c2cccnc2)n1/C=C/C(=O)O. The molecule has 3 aromatic rings. The largest absolute Gasteiger partial charge is 0.478 e. The lowest BCUT2D eigenvalue weighted by Gasteiger charge is -2.10. The number of imidazole rings is 1. The number of benzene rings is 1. The van der Waals surface area contributed by atoms with E-state index in [1.165, 1.54) is 18.3 Å². The number of carboxylic acids is 1. The second-order valence-electron chi connectivity index (χ2n) is 6.09. The molecule has 26 heavy (non-hydrogen) atoms. The molecule has 0 saturated heterocycles. The lowest BCUT2D eigenvalue weighted by molar-refractivity contribution is -0.131. The van der Waals surface area contributed by atoms with Crippen molar-refractivity contribution in [3.8, 4) is 22.5 Å². The minimum atomic E-state index is -1.05. The molecule has 1 aromatic carbocycles. The van der Waals surface area contributed by atoms with Crippen molar-refractivity contribution < 1.29 is 14.3 Å². The Morgan fingerprint density at radius 3 is 2.50 bits per heavy atom. The highest BCUT2D eigenvalue weighted by Crippen LogP contribution is 2.35. The molecule has 2 aromatic heterocycles. The smallest absolute Gasteiger partial charge is 0.329 e. The van der Waals surface area contributed by atoms with Gasteiger partial charge in [-0.3, -0.25) is 4.98 Å². The van der Waals surface area contributed by atoms with E-state index in [0.29, 0.717) is 17.2 Å². The van der Waals surface area contributed by atoms with E-state index < -0.39 is 5.97 Å². The molecule has 0 unspecified atom stereocenters. The van der Waals surface area contributed by atoms with Gasteiger partial charge in [-0.15, -0.1) is 0 Å². The standard InChI is InChI=1S/C20H18FN3O2/c1-13(2)20-23-18(14-5-7-16(21)8-6-14)19(15-4-3-10-22-12-15)24(20)11-9-17(25)26/h3-13H,1-2H3,(H,25,26)/b11-9+. The highest BCUT2D eigenvalue weighted by atomic mass is 19.1. The van der Waals surface area contributed by atoms with Gasteiger partial charge in [-0.25, -0.2) is 14.2 Å².